The van der Waals surface area contributed by atoms with Crippen molar-refractivity contribution in [3.8, 4) is 0 Å². The molecular formula is C21H29F2N3O2. The molecule has 1 aromatic carbocycles. The highest BCUT2D eigenvalue weighted by Crippen LogP contribution is 2.38. The maximum atomic E-state index is 14.0. The van der Waals surface area contributed by atoms with Gasteiger partial charge < -0.3 is 4.90 Å². The van der Waals surface area contributed by atoms with E-state index in [0.29, 0.717) is 57.0 Å². The van der Waals surface area contributed by atoms with Crippen molar-refractivity contribution < 1.29 is 18.4 Å². The van der Waals surface area contributed by atoms with Crippen LogP contribution in [0.1, 0.15) is 45.6 Å². The zero-order valence-electron chi connectivity index (χ0n) is 16.9. The van der Waals surface area contributed by atoms with Crippen LogP contribution in [0.4, 0.5) is 13.6 Å². The number of benzene rings is 1. The first-order valence-corrected chi connectivity index (χ1v) is 10.1. The van der Waals surface area contributed by atoms with Crippen molar-refractivity contribution in [3.63, 3.8) is 0 Å². The minimum atomic E-state index is -0.793. The van der Waals surface area contributed by atoms with Crippen LogP contribution >= 0.6 is 0 Å². The van der Waals surface area contributed by atoms with Crippen LogP contribution in [0.2, 0.25) is 0 Å². The molecule has 154 valence electrons. The van der Waals surface area contributed by atoms with Crippen LogP contribution < -0.4 is 0 Å². The van der Waals surface area contributed by atoms with Gasteiger partial charge in [0, 0.05) is 38.3 Å². The van der Waals surface area contributed by atoms with Gasteiger partial charge >= 0.3 is 6.03 Å². The fraction of sp³-hybridized carbons (Fsp3) is 0.619. The number of hydrogen-bond acceptors (Lipinski definition) is 3. The van der Waals surface area contributed by atoms with Crippen LogP contribution in [-0.4, -0.2) is 58.4 Å². The Morgan fingerprint density at radius 2 is 1.82 bits per heavy atom. The second-order valence-corrected chi connectivity index (χ2v) is 8.21. The fourth-order valence-electron chi connectivity index (χ4n) is 4.23. The maximum absolute atomic E-state index is 14.0. The molecule has 3 amide bonds. The Bertz CT molecular complexity index is 745. The molecule has 0 aromatic heterocycles. The van der Waals surface area contributed by atoms with Gasteiger partial charge in [0.2, 0.25) is 0 Å². The highest BCUT2D eigenvalue weighted by molar-refractivity contribution is 6.07. The van der Waals surface area contributed by atoms with Crippen molar-refractivity contribution >= 4 is 11.9 Å². The third-order valence-corrected chi connectivity index (χ3v) is 5.95. The second kappa shape index (κ2) is 8.15. The average molecular weight is 393 g/mol. The van der Waals surface area contributed by atoms with Crippen LogP contribution in [0.3, 0.4) is 0 Å². The lowest BCUT2D eigenvalue weighted by Crippen LogP contribution is -2.56. The number of carbonyl (C=O) groups excluding carboxylic acids is 2. The molecule has 0 saturated carbocycles. The lowest BCUT2D eigenvalue weighted by molar-refractivity contribution is -0.135. The van der Waals surface area contributed by atoms with Gasteiger partial charge in [-0.2, -0.15) is 0 Å². The molecule has 1 aromatic rings. The first-order valence-electron chi connectivity index (χ1n) is 10.1. The SMILES string of the molecule is CCN1C(=O)N(CCC(C)C)C2(CCN(Cc3cc(F)ccc3F)CC2)C1=O. The molecule has 5 nitrogen and oxygen atoms in total. The number of imide groups is 1. The Balaban J connectivity index is 1.74. The minimum absolute atomic E-state index is 0.111. The molecule has 2 heterocycles. The van der Waals surface area contributed by atoms with E-state index in [0.717, 1.165) is 18.6 Å². The largest absolute Gasteiger partial charge is 0.327 e. The number of piperidine rings is 1. The van der Waals surface area contributed by atoms with E-state index in [1.807, 2.05) is 11.8 Å². The molecule has 0 atom stereocenters. The van der Waals surface area contributed by atoms with Crippen molar-refractivity contribution in [2.24, 2.45) is 5.92 Å². The smallest absolute Gasteiger partial charge is 0.309 e. The van der Waals surface area contributed by atoms with Gasteiger partial charge in [-0.1, -0.05) is 13.8 Å². The molecule has 0 radical (unpaired) electrons. The summed E-state index contributed by atoms with van der Waals surface area (Å²) in [5.74, 6) is -0.559. The third-order valence-electron chi connectivity index (χ3n) is 5.95. The minimum Gasteiger partial charge on any atom is -0.309 e. The van der Waals surface area contributed by atoms with Crippen molar-refractivity contribution in [2.45, 2.75) is 52.1 Å². The molecule has 0 bridgehead atoms. The molecule has 0 unspecified atom stereocenters. The number of amides is 3. The van der Waals surface area contributed by atoms with E-state index < -0.39 is 17.2 Å². The van der Waals surface area contributed by atoms with Crippen LogP contribution in [0.5, 0.6) is 0 Å². The molecule has 0 N–H and O–H groups in total. The summed E-state index contributed by atoms with van der Waals surface area (Å²) >= 11 is 0. The molecule has 2 aliphatic heterocycles. The summed E-state index contributed by atoms with van der Waals surface area (Å²) < 4.78 is 27.4. The summed E-state index contributed by atoms with van der Waals surface area (Å²) in [6, 6.07) is 3.27. The molecule has 2 saturated heterocycles. The Labute approximate surface area is 165 Å². The molecular weight excluding hydrogens is 364 g/mol. The number of carbonyl (C=O) groups is 2. The summed E-state index contributed by atoms with van der Waals surface area (Å²) in [7, 11) is 0. The molecule has 3 rings (SSSR count). The van der Waals surface area contributed by atoms with E-state index in [1.165, 1.54) is 11.0 Å². The second-order valence-electron chi connectivity index (χ2n) is 8.21. The van der Waals surface area contributed by atoms with E-state index in [-0.39, 0.29) is 11.9 Å². The van der Waals surface area contributed by atoms with E-state index in [9.17, 15) is 18.4 Å². The van der Waals surface area contributed by atoms with Gasteiger partial charge in [0.1, 0.15) is 17.2 Å². The predicted molar refractivity (Wildman–Crippen MR) is 103 cm³/mol. The average Bonchev–Trinajstić information content (AvgIpc) is 2.84. The molecule has 28 heavy (non-hydrogen) atoms. The number of hydrogen-bond donors (Lipinski definition) is 0. The zero-order chi connectivity index (χ0) is 20.5. The zero-order valence-corrected chi connectivity index (χ0v) is 16.9. The topological polar surface area (TPSA) is 43.9 Å². The Morgan fingerprint density at radius 3 is 2.43 bits per heavy atom. The molecule has 2 aliphatic rings. The van der Waals surface area contributed by atoms with Crippen LogP contribution in [-0.2, 0) is 11.3 Å². The first-order chi connectivity index (χ1) is 13.3. The van der Waals surface area contributed by atoms with Gasteiger partial charge in [0.25, 0.3) is 5.91 Å². The van der Waals surface area contributed by atoms with Gasteiger partial charge in [-0.3, -0.25) is 14.6 Å². The third kappa shape index (κ3) is 3.77. The van der Waals surface area contributed by atoms with Crippen LogP contribution in [0.25, 0.3) is 0 Å². The maximum Gasteiger partial charge on any atom is 0.327 e. The summed E-state index contributed by atoms with van der Waals surface area (Å²) in [6.45, 7) is 8.37. The highest BCUT2D eigenvalue weighted by Gasteiger charge is 2.57. The number of likely N-dealkylation sites (tertiary alicyclic amines) is 1. The molecule has 1 spiro atoms. The van der Waals surface area contributed by atoms with Crippen molar-refractivity contribution in [3.05, 3.63) is 35.4 Å². The summed E-state index contributed by atoms with van der Waals surface area (Å²) in [5, 5.41) is 0. The number of urea groups is 1. The van der Waals surface area contributed by atoms with Crippen molar-refractivity contribution in [2.75, 3.05) is 26.2 Å². The van der Waals surface area contributed by atoms with Gasteiger partial charge in [-0.15, -0.1) is 0 Å². The number of halogens is 2. The summed E-state index contributed by atoms with van der Waals surface area (Å²) in [5.41, 5.74) is -0.476. The first kappa shape index (κ1) is 20.7. The number of rotatable bonds is 6. The van der Waals surface area contributed by atoms with E-state index in [2.05, 4.69) is 13.8 Å². The van der Waals surface area contributed by atoms with Gasteiger partial charge in [-0.05, 0) is 50.3 Å². The fourth-order valence-corrected chi connectivity index (χ4v) is 4.23. The lowest BCUT2D eigenvalue weighted by Gasteiger charge is -2.42. The summed E-state index contributed by atoms with van der Waals surface area (Å²) in [6.07, 6.45) is 1.88. The quantitative estimate of drug-likeness (QED) is 0.694. The van der Waals surface area contributed by atoms with E-state index in [4.69, 9.17) is 0 Å². The highest BCUT2D eigenvalue weighted by atomic mass is 19.1. The monoisotopic (exact) mass is 393 g/mol. The Kier molecular flexibility index (Phi) is 6.03. The van der Waals surface area contributed by atoms with Crippen LogP contribution in [0.15, 0.2) is 18.2 Å². The Morgan fingerprint density at radius 1 is 1.14 bits per heavy atom. The van der Waals surface area contributed by atoms with E-state index >= 15 is 0 Å². The van der Waals surface area contributed by atoms with E-state index in [1.54, 1.807) is 4.90 Å². The van der Waals surface area contributed by atoms with Crippen molar-refractivity contribution in [1.29, 1.82) is 0 Å². The number of nitrogens with zero attached hydrogens (tertiary/aromatic N) is 3. The van der Waals surface area contributed by atoms with Gasteiger partial charge in [0.15, 0.2) is 0 Å². The van der Waals surface area contributed by atoms with Crippen LogP contribution in [0, 0.1) is 17.6 Å². The normalized spacial score (nSPS) is 20.1. The van der Waals surface area contributed by atoms with Gasteiger partial charge in [-0.25, -0.2) is 13.6 Å². The number of likely N-dealkylation sites (N-methyl/N-ethyl adjacent to an activating group) is 1. The van der Waals surface area contributed by atoms with Gasteiger partial charge in [0.05, 0.1) is 0 Å². The molecule has 0 aliphatic carbocycles. The molecule has 7 heteroatoms. The standard InChI is InChI=1S/C21H29F2N3O2/c1-4-25-19(27)21(26(20(25)28)10-7-15(2)3)8-11-24(12-9-21)14-16-13-17(22)5-6-18(16)23/h5-6,13,15H,4,7-12,14H2,1-3H3. The molecule has 2 fully saturated rings. The van der Waals surface area contributed by atoms with Crippen molar-refractivity contribution in [1.82, 2.24) is 14.7 Å². The summed E-state index contributed by atoms with van der Waals surface area (Å²) in [4.78, 5) is 31.0. The lowest BCUT2D eigenvalue weighted by atomic mass is 9.85. The predicted octanol–water partition coefficient (Wildman–Crippen LogP) is 3.63. The Hall–Kier alpha value is -2.02.